The van der Waals surface area contributed by atoms with E-state index >= 15 is 0 Å². The molecule has 0 amide bonds. The molecule has 1 saturated carbocycles. The Morgan fingerprint density at radius 2 is 1.67 bits per heavy atom. The highest BCUT2D eigenvalue weighted by Gasteiger charge is 2.53. The average molecular weight is 232 g/mol. The topological polar surface area (TPSA) is 0 Å². The van der Waals surface area contributed by atoms with E-state index in [0.29, 0.717) is 0 Å². The molecule has 3 atom stereocenters. The van der Waals surface area contributed by atoms with E-state index in [1.54, 1.807) is 11.1 Å². The predicted molar refractivity (Wildman–Crippen MR) is 75.3 cm³/mol. The normalized spacial score (nSPS) is 28.1. The molecule has 0 aliphatic heterocycles. The number of rotatable bonds is 2. The third kappa shape index (κ3) is 1.53. The summed E-state index contributed by atoms with van der Waals surface area (Å²) in [5.74, 6) is 2.46. The van der Waals surface area contributed by atoms with Crippen LogP contribution < -0.4 is 0 Å². The van der Waals surface area contributed by atoms with Crippen LogP contribution in [0.5, 0.6) is 0 Å². The van der Waals surface area contributed by atoms with Gasteiger partial charge in [-0.3, -0.25) is 0 Å². The lowest BCUT2D eigenvalue weighted by Gasteiger charge is -2.03. The highest BCUT2D eigenvalue weighted by Crippen LogP contribution is 2.62. The zero-order chi connectivity index (χ0) is 11.9. The van der Waals surface area contributed by atoms with Crippen LogP contribution in [-0.2, 0) is 6.42 Å². The van der Waals surface area contributed by atoms with E-state index in [4.69, 9.17) is 0 Å². The van der Waals surface area contributed by atoms with Crippen LogP contribution in [0.25, 0.3) is 6.08 Å². The molecule has 2 aromatic rings. The first-order valence-corrected chi connectivity index (χ1v) is 6.74. The van der Waals surface area contributed by atoms with Crippen LogP contribution in [0.1, 0.15) is 22.6 Å². The molecule has 0 spiro atoms. The maximum absolute atomic E-state index is 2.42. The molecule has 0 nitrogen and oxygen atoms in total. The SMILES string of the molecule is C(=C\[C@H]1[C@H]2Cc3ccccc3[C@@H]12)/c1ccccc1. The molecule has 0 saturated heterocycles. The van der Waals surface area contributed by atoms with Gasteiger partial charge in [0.25, 0.3) is 0 Å². The van der Waals surface area contributed by atoms with E-state index in [0.717, 1.165) is 17.8 Å². The van der Waals surface area contributed by atoms with Crippen molar-refractivity contribution in [2.45, 2.75) is 12.3 Å². The lowest BCUT2D eigenvalue weighted by Crippen LogP contribution is -1.90. The Morgan fingerprint density at radius 3 is 2.56 bits per heavy atom. The van der Waals surface area contributed by atoms with E-state index in [-0.39, 0.29) is 0 Å². The van der Waals surface area contributed by atoms with Crippen molar-refractivity contribution in [3.05, 3.63) is 77.4 Å². The minimum Gasteiger partial charge on any atom is -0.0799 e. The van der Waals surface area contributed by atoms with Gasteiger partial charge < -0.3 is 0 Å². The van der Waals surface area contributed by atoms with Gasteiger partial charge in [-0.25, -0.2) is 0 Å². The van der Waals surface area contributed by atoms with Gasteiger partial charge in [-0.15, -0.1) is 0 Å². The third-order valence-electron chi connectivity index (χ3n) is 4.41. The summed E-state index contributed by atoms with van der Waals surface area (Å²) in [5, 5.41) is 0. The summed E-state index contributed by atoms with van der Waals surface area (Å²) < 4.78 is 0. The Kier molecular flexibility index (Phi) is 2.16. The van der Waals surface area contributed by atoms with E-state index < -0.39 is 0 Å². The molecular formula is C18H16. The summed E-state index contributed by atoms with van der Waals surface area (Å²) in [5.41, 5.74) is 4.50. The summed E-state index contributed by atoms with van der Waals surface area (Å²) in [7, 11) is 0. The van der Waals surface area contributed by atoms with Crippen molar-refractivity contribution in [3.63, 3.8) is 0 Å². The molecule has 0 heterocycles. The Morgan fingerprint density at radius 1 is 0.889 bits per heavy atom. The summed E-state index contributed by atoms with van der Waals surface area (Å²) in [6, 6.07) is 19.6. The average Bonchev–Trinajstić information content (AvgIpc) is 2.97. The summed E-state index contributed by atoms with van der Waals surface area (Å²) in [6.07, 6.45) is 5.98. The molecule has 18 heavy (non-hydrogen) atoms. The summed E-state index contributed by atoms with van der Waals surface area (Å²) in [4.78, 5) is 0. The van der Waals surface area contributed by atoms with Crippen molar-refractivity contribution in [1.82, 2.24) is 0 Å². The number of hydrogen-bond donors (Lipinski definition) is 0. The fourth-order valence-electron chi connectivity index (χ4n) is 3.45. The first kappa shape index (κ1) is 10.1. The van der Waals surface area contributed by atoms with Crippen LogP contribution >= 0.6 is 0 Å². The Bertz CT molecular complexity index is 594. The molecule has 0 bridgehead atoms. The largest absolute Gasteiger partial charge is 0.0799 e. The predicted octanol–water partition coefficient (Wildman–Crippen LogP) is 4.29. The zero-order valence-electron chi connectivity index (χ0n) is 10.3. The van der Waals surface area contributed by atoms with E-state index in [1.807, 2.05) is 0 Å². The van der Waals surface area contributed by atoms with Crippen LogP contribution in [0.4, 0.5) is 0 Å². The van der Waals surface area contributed by atoms with Gasteiger partial charge in [-0.05, 0) is 40.9 Å². The quantitative estimate of drug-likeness (QED) is 0.724. The first-order chi connectivity index (χ1) is 8.93. The van der Waals surface area contributed by atoms with Crippen LogP contribution in [-0.4, -0.2) is 0 Å². The van der Waals surface area contributed by atoms with Crippen LogP contribution in [0.2, 0.25) is 0 Å². The van der Waals surface area contributed by atoms with Crippen LogP contribution in [0.15, 0.2) is 60.7 Å². The van der Waals surface area contributed by atoms with Gasteiger partial charge in [-0.1, -0.05) is 66.7 Å². The Balaban J connectivity index is 1.54. The number of benzene rings is 2. The number of allylic oxidation sites excluding steroid dienone is 1. The highest BCUT2D eigenvalue weighted by atomic mass is 14.6. The molecule has 0 N–H and O–H groups in total. The molecule has 88 valence electrons. The molecule has 0 radical (unpaired) electrons. The molecule has 0 heteroatoms. The fourth-order valence-corrected chi connectivity index (χ4v) is 3.45. The minimum absolute atomic E-state index is 0.778. The minimum atomic E-state index is 0.778. The zero-order valence-corrected chi connectivity index (χ0v) is 10.3. The van der Waals surface area contributed by atoms with Crippen molar-refractivity contribution >= 4 is 6.08 Å². The van der Waals surface area contributed by atoms with Crippen molar-refractivity contribution in [2.75, 3.05) is 0 Å². The highest BCUT2D eigenvalue weighted by molar-refractivity contribution is 5.53. The van der Waals surface area contributed by atoms with Gasteiger partial charge in [-0.2, -0.15) is 0 Å². The lowest BCUT2D eigenvalue weighted by molar-refractivity contribution is 0.800. The van der Waals surface area contributed by atoms with Gasteiger partial charge in [0, 0.05) is 0 Å². The molecular weight excluding hydrogens is 216 g/mol. The third-order valence-corrected chi connectivity index (χ3v) is 4.41. The number of hydrogen-bond acceptors (Lipinski definition) is 0. The van der Waals surface area contributed by atoms with Gasteiger partial charge in [0.15, 0.2) is 0 Å². The molecule has 2 aliphatic carbocycles. The van der Waals surface area contributed by atoms with Crippen LogP contribution in [0, 0.1) is 11.8 Å². The smallest absolute Gasteiger partial charge is 0.00558 e. The van der Waals surface area contributed by atoms with Crippen molar-refractivity contribution in [2.24, 2.45) is 11.8 Å². The molecule has 1 fully saturated rings. The monoisotopic (exact) mass is 232 g/mol. The van der Waals surface area contributed by atoms with Gasteiger partial charge in [0.2, 0.25) is 0 Å². The maximum Gasteiger partial charge on any atom is -0.00558 e. The van der Waals surface area contributed by atoms with Gasteiger partial charge in [0.05, 0.1) is 0 Å². The van der Waals surface area contributed by atoms with Gasteiger partial charge in [0.1, 0.15) is 0 Å². The van der Waals surface area contributed by atoms with E-state index in [9.17, 15) is 0 Å². The summed E-state index contributed by atoms with van der Waals surface area (Å²) >= 11 is 0. The molecule has 2 aliphatic rings. The maximum atomic E-state index is 2.42. The van der Waals surface area contributed by atoms with E-state index in [2.05, 4.69) is 66.7 Å². The molecule has 4 rings (SSSR count). The first-order valence-electron chi connectivity index (χ1n) is 6.74. The molecule has 2 aromatic carbocycles. The second-order valence-corrected chi connectivity index (χ2v) is 5.44. The van der Waals surface area contributed by atoms with Gasteiger partial charge >= 0.3 is 0 Å². The summed E-state index contributed by atoms with van der Waals surface area (Å²) in [6.45, 7) is 0. The van der Waals surface area contributed by atoms with Crippen molar-refractivity contribution < 1.29 is 0 Å². The molecule has 0 aromatic heterocycles. The van der Waals surface area contributed by atoms with Crippen LogP contribution in [0.3, 0.4) is 0 Å². The lowest BCUT2D eigenvalue weighted by atomic mass is 10.0. The van der Waals surface area contributed by atoms with E-state index in [1.165, 1.54) is 12.0 Å². The van der Waals surface area contributed by atoms with Crippen molar-refractivity contribution in [3.8, 4) is 0 Å². The second kappa shape index (κ2) is 3.84. The fraction of sp³-hybridized carbons (Fsp3) is 0.222. The molecule has 0 unspecified atom stereocenters. The number of fused-ring (bicyclic) bond motifs is 3. The second-order valence-electron chi connectivity index (χ2n) is 5.44. The Hall–Kier alpha value is -1.82. The standard InChI is InChI=1S/C18H16/c1-2-6-13(7-3-1)10-11-16-17-12-14-8-4-5-9-15(14)18(16)17/h1-11,16-18H,12H2/b11-10+/t16-,17+,18-/m0/s1. The Labute approximate surface area is 108 Å². The van der Waals surface area contributed by atoms with Crippen molar-refractivity contribution in [1.29, 1.82) is 0 Å².